The summed E-state index contributed by atoms with van der Waals surface area (Å²) in [6.07, 6.45) is -0.850. The second-order valence-electron chi connectivity index (χ2n) is 6.79. The van der Waals surface area contributed by atoms with Crippen LogP contribution in [0.4, 0.5) is 0 Å². The SMILES string of the molecule is Cc1sc2nc([C@H](C)OC(=O)CN3C(=O)c4ccccc4C3=O)[nH]c(=O)c2c1C. The number of ether oxygens (including phenoxy) is 1. The Kier molecular flexibility index (Phi) is 4.54. The number of aromatic amines is 1. The molecule has 9 heteroatoms. The van der Waals surface area contributed by atoms with Crippen molar-refractivity contribution in [3.63, 3.8) is 0 Å². The van der Waals surface area contributed by atoms with E-state index in [0.29, 0.717) is 10.2 Å². The molecule has 0 saturated heterocycles. The van der Waals surface area contributed by atoms with Crippen molar-refractivity contribution >= 4 is 39.3 Å². The first kappa shape index (κ1) is 19.0. The Morgan fingerprint density at radius 3 is 2.41 bits per heavy atom. The van der Waals surface area contributed by atoms with Crippen molar-refractivity contribution in [2.45, 2.75) is 26.9 Å². The summed E-state index contributed by atoms with van der Waals surface area (Å²) in [6, 6.07) is 6.39. The lowest BCUT2D eigenvalue weighted by atomic mass is 10.1. The Bertz CT molecular complexity index is 1210. The van der Waals surface area contributed by atoms with E-state index in [4.69, 9.17) is 4.74 Å². The summed E-state index contributed by atoms with van der Waals surface area (Å²) >= 11 is 1.39. The standard InChI is InChI=1S/C20H17N3O5S/c1-9-11(3)29-18-15(9)17(25)21-16(22-18)10(2)28-14(24)8-23-19(26)12-6-4-5-7-13(12)20(23)27/h4-7,10H,8H2,1-3H3,(H,21,22,25)/t10-/m0/s1. The first-order valence-electron chi connectivity index (χ1n) is 8.92. The number of carbonyl (C=O) groups excluding carboxylic acids is 3. The highest BCUT2D eigenvalue weighted by Gasteiger charge is 2.37. The van der Waals surface area contributed by atoms with Crippen LogP contribution in [-0.4, -0.2) is 39.2 Å². The van der Waals surface area contributed by atoms with Gasteiger partial charge in [0, 0.05) is 4.88 Å². The van der Waals surface area contributed by atoms with Crippen molar-refractivity contribution in [2.24, 2.45) is 0 Å². The van der Waals surface area contributed by atoms with Crippen LogP contribution in [0.15, 0.2) is 29.1 Å². The van der Waals surface area contributed by atoms with E-state index >= 15 is 0 Å². The highest BCUT2D eigenvalue weighted by Crippen LogP contribution is 2.27. The zero-order valence-corrected chi connectivity index (χ0v) is 16.8. The molecule has 0 fully saturated rings. The van der Waals surface area contributed by atoms with E-state index in [0.717, 1.165) is 15.3 Å². The average molecular weight is 411 g/mol. The zero-order valence-electron chi connectivity index (χ0n) is 15.9. The molecule has 1 aromatic carbocycles. The predicted molar refractivity (Wildman–Crippen MR) is 106 cm³/mol. The number of nitrogens with one attached hydrogen (secondary N) is 1. The first-order chi connectivity index (χ1) is 13.8. The molecular formula is C20H17N3O5S. The van der Waals surface area contributed by atoms with Gasteiger partial charge in [0.2, 0.25) is 0 Å². The van der Waals surface area contributed by atoms with Gasteiger partial charge in [0.15, 0.2) is 11.9 Å². The first-order valence-corrected chi connectivity index (χ1v) is 9.74. The van der Waals surface area contributed by atoms with E-state index in [1.807, 2.05) is 13.8 Å². The second kappa shape index (κ2) is 6.93. The topological polar surface area (TPSA) is 109 Å². The number of nitrogens with zero attached hydrogens (tertiary/aromatic N) is 2. The molecule has 8 nitrogen and oxygen atoms in total. The number of imide groups is 1. The van der Waals surface area contributed by atoms with Gasteiger partial charge >= 0.3 is 5.97 Å². The molecular weight excluding hydrogens is 394 g/mol. The van der Waals surface area contributed by atoms with Gasteiger partial charge in [0.25, 0.3) is 17.4 Å². The molecule has 3 aromatic rings. The van der Waals surface area contributed by atoms with Crippen LogP contribution in [0.25, 0.3) is 10.2 Å². The van der Waals surface area contributed by atoms with Crippen LogP contribution in [0.3, 0.4) is 0 Å². The summed E-state index contributed by atoms with van der Waals surface area (Å²) in [5.41, 5.74) is 1.10. The van der Waals surface area contributed by atoms with Gasteiger partial charge in [-0.15, -0.1) is 11.3 Å². The fraction of sp³-hybridized carbons (Fsp3) is 0.250. The number of fused-ring (bicyclic) bond motifs is 2. The predicted octanol–water partition coefficient (Wildman–Crippen LogP) is 2.50. The fourth-order valence-electron chi connectivity index (χ4n) is 3.27. The number of carbonyl (C=O) groups is 3. The van der Waals surface area contributed by atoms with E-state index in [9.17, 15) is 19.2 Å². The van der Waals surface area contributed by atoms with E-state index < -0.39 is 30.4 Å². The van der Waals surface area contributed by atoms with Crippen molar-refractivity contribution in [1.82, 2.24) is 14.9 Å². The lowest BCUT2D eigenvalue weighted by Gasteiger charge is -2.16. The minimum atomic E-state index is -0.850. The molecule has 148 valence electrons. The van der Waals surface area contributed by atoms with Crippen molar-refractivity contribution in [3.8, 4) is 0 Å². The Morgan fingerprint density at radius 2 is 1.79 bits per heavy atom. The molecule has 1 N–H and O–H groups in total. The number of amides is 2. The Labute approximate surface area is 169 Å². The lowest BCUT2D eigenvalue weighted by Crippen LogP contribution is -2.36. The fourth-order valence-corrected chi connectivity index (χ4v) is 4.30. The molecule has 1 aliphatic rings. The smallest absolute Gasteiger partial charge is 0.326 e. The van der Waals surface area contributed by atoms with Crippen LogP contribution in [0.1, 0.15) is 50.0 Å². The van der Waals surface area contributed by atoms with Gasteiger partial charge in [0.1, 0.15) is 11.4 Å². The maximum Gasteiger partial charge on any atom is 0.326 e. The van der Waals surface area contributed by atoms with E-state index in [2.05, 4.69) is 9.97 Å². The van der Waals surface area contributed by atoms with Crippen molar-refractivity contribution in [2.75, 3.05) is 6.54 Å². The molecule has 1 aliphatic heterocycles. The second-order valence-corrected chi connectivity index (χ2v) is 7.99. The number of hydrogen-bond donors (Lipinski definition) is 1. The quantitative estimate of drug-likeness (QED) is 0.522. The molecule has 29 heavy (non-hydrogen) atoms. The third-order valence-corrected chi connectivity index (χ3v) is 6.02. The number of benzene rings is 1. The number of aryl methyl sites for hydroxylation is 2. The summed E-state index contributed by atoms with van der Waals surface area (Å²) in [5.74, 6) is -1.63. The highest BCUT2D eigenvalue weighted by molar-refractivity contribution is 7.18. The van der Waals surface area contributed by atoms with Crippen LogP contribution in [-0.2, 0) is 9.53 Å². The van der Waals surface area contributed by atoms with E-state index in [1.165, 1.54) is 11.3 Å². The van der Waals surface area contributed by atoms with Crippen LogP contribution in [0.5, 0.6) is 0 Å². The van der Waals surface area contributed by atoms with Gasteiger partial charge in [-0.25, -0.2) is 4.98 Å². The highest BCUT2D eigenvalue weighted by atomic mass is 32.1. The molecule has 3 heterocycles. The minimum Gasteiger partial charge on any atom is -0.453 e. The van der Waals surface area contributed by atoms with Crippen LogP contribution in [0, 0.1) is 13.8 Å². The van der Waals surface area contributed by atoms with Crippen LogP contribution in [0.2, 0.25) is 0 Å². The maximum atomic E-state index is 12.4. The van der Waals surface area contributed by atoms with Gasteiger partial charge in [-0.2, -0.15) is 0 Å². The number of rotatable bonds is 4. The van der Waals surface area contributed by atoms with Crippen molar-refractivity contribution in [3.05, 3.63) is 62.0 Å². The maximum absolute atomic E-state index is 12.4. The van der Waals surface area contributed by atoms with Crippen LogP contribution < -0.4 is 5.56 Å². The summed E-state index contributed by atoms with van der Waals surface area (Å²) in [7, 11) is 0. The van der Waals surface area contributed by atoms with Crippen LogP contribution >= 0.6 is 11.3 Å². The third-order valence-electron chi connectivity index (χ3n) is 4.92. The lowest BCUT2D eigenvalue weighted by molar-refractivity contribution is -0.149. The molecule has 2 aromatic heterocycles. The summed E-state index contributed by atoms with van der Waals surface area (Å²) < 4.78 is 5.32. The molecule has 1 atom stereocenters. The molecule has 0 radical (unpaired) electrons. The monoisotopic (exact) mass is 411 g/mol. The number of thiophene rings is 1. The van der Waals surface area contributed by atoms with Crippen molar-refractivity contribution < 1.29 is 19.1 Å². The Hall–Kier alpha value is -3.33. The number of hydrogen-bond acceptors (Lipinski definition) is 7. The molecule has 0 saturated carbocycles. The molecule has 0 bridgehead atoms. The van der Waals surface area contributed by atoms with Gasteiger partial charge < -0.3 is 9.72 Å². The number of aromatic nitrogens is 2. The average Bonchev–Trinajstić information content (AvgIpc) is 3.10. The third kappa shape index (κ3) is 3.13. The Morgan fingerprint density at radius 1 is 1.17 bits per heavy atom. The molecule has 0 aliphatic carbocycles. The van der Waals surface area contributed by atoms with E-state index in [1.54, 1.807) is 31.2 Å². The molecule has 4 rings (SSSR count). The van der Waals surface area contributed by atoms with Gasteiger partial charge in [-0.3, -0.25) is 24.1 Å². The number of H-pyrrole nitrogens is 1. The summed E-state index contributed by atoms with van der Waals surface area (Å²) in [4.78, 5) is 58.9. The molecule has 2 amide bonds. The minimum absolute atomic E-state index is 0.208. The summed E-state index contributed by atoms with van der Waals surface area (Å²) in [6.45, 7) is 4.82. The van der Waals surface area contributed by atoms with Gasteiger partial charge in [-0.05, 0) is 38.5 Å². The van der Waals surface area contributed by atoms with Crippen molar-refractivity contribution in [1.29, 1.82) is 0 Å². The Balaban J connectivity index is 1.51. The zero-order chi connectivity index (χ0) is 20.9. The van der Waals surface area contributed by atoms with E-state index in [-0.39, 0.29) is 22.5 Å². The molecule has 0 spiro atoms. The van der Waals surface area contributed by atoms with Gasteiger partial charge in [0.05, 0.1) is 16.5 Å². The largest absolute Gasteiger partial charge is 0.453 e. The van der Waals surface area contributed by atoms with Gasteiger partial charge in [-0.1, -0.05) is 12.1 Å². The normalized spacial score (nSPS) is 14.4. The molecule has 0 unspecified atom stereocenters. The summed E-state index contributed by atoms with van der Waals surface area (Å²) in [5, 5.41) is 0.529. The number of esters is 1.